The molecular formula is C19H16N4O2S. The van der Waals surface area contributed by atoms with E-state index in [0.717, 1.165) is 16.9 Å². The number of rotatable bonds is 6. The maximum absolute atomic E-state index is 5.87. The lowest BCUT2D eigenvalue weighted by molar-refractivity contribution is 0.415. The van der Waals surface area contributed by atoms with Crippen LogP contribution in [-0.4, -0.2) is 22.3 Å². The summed E-state index contributed by atoms with van der Waals surface area (Å²) in [7, 11) is 1.63. The van der Waals surface area contributed by atoms with Crippen LogP contribution >= 0.6 is 11.3 Å². The lowest BCUT2D eigenvalue weighted by atomic mass is 10.2. The first-order valence-electron chi connectivity index (χ1n) is 8.03. The van der Waals surface area contributed by atoms with Crippen LogP contribution in [0.5, 0.6) is 5.75 Å². The minimum absolute atomic E-state index is 0.428. The summed E-state index contributed by atoms with van der Waals surface area (Å²) in [5.74, 6) is 2.37. The molecule has 4 rings (SSSR count). The van der Waals surface area contributed by atoms with E-state index in [-0.39, 0.29) is 0 Å². The van der Waals surface area contributed by atoms with Crippen LogP contribution < -0.4 is 10.1 Å². The van der Waals surface area contributed by atoms with Gasteiger partial charge in [0, 0.05) is 16.6 Å². The summed E-state index contributed by atoms with van der Waals surface area (Å²) in [5.41, 5.74) is 1.61. The molecule has 3 heterocycles. The lowest BCUT2D eigenvalue weighted by Crippen LogP contribution is -2.01. The highest BCUT2D eigenvalue weighted by Crippen LogP contribution is 2.29. The average molecular weight is 364 g/mol. The standard InChI is InChI=1S/C19H16N4O2S/c1-24-14-8-6-13(7-9-14)18-22-23-19(25-18)16-5-2-10-20-17(16)21-12-15-4-3-11-26-15/h2-11H,12H2,1H3,(H,20,21). The molecule has 0 aliphatic heterocycles. The van der Waals surface area contributed by atoms with Gasteiger partial charge in [-0.05, 0) is 47.8 Å². The molecule has 0 aliphatic rings. The number of aromatic nitrogens is 3. The summed E-state index contributed by atoms with van der Waals surface area (Å²) in [5, 5.41) is 13.7. The minimum Gasteiger partial charge on any atom is -0.497 e. The van der Waals surface area contributed by atoms with Crippen LogP contribution in [0.1, 0.15) is 4.88 Å². The van der Waals surface area contributed by atoms with Crippen LogP contribution in [0.15, 0.2) is 64.5 Å². The fourth-order valence-corrected chi connectivity index (χ4v) is 3.13. The van der Waals surface area contributed by atoms with Crippen molar-refractivity contribution in [2.45, 2.75) is 6.54 Å². The number of nitrogens with zero attached hydrogens (tertiary/aromatic N) is 3. The van der Waals surface area contributed by atoms with Crippen molar-refractivity contribution in [3.05, 3.63) is 65.0 Å². The Morgan fingerprint density at radius 1 is 1.04 bits per heavy atom. The Balaban J connectivity index is 1.58. The van der Waals surface area contributed by atoms with Crippen LogP contribution in [0.2, 0.25) is 0 Å². The van der Waals surface area contributed by atoms with Gasteiger partial charge in [0.15, 0.2) is 0 Å². The molecular weight excluding hydrogens is 348 g/mol. The van der Waals surface area contributed by atoms with Gasteiger partial charge in [0.1, 0.15) is 11.6 Å². The second kappa shape index (κ2) is 7.37. The van der Waals surface area contributed by atoms with Crippen molar-refractivity contribution in [2.75, 3.05) is 12.4 Å². The smallest absolute Gasteiger partial charge is 0.251 e. The Hall–Kier alpha value is -3.19. The highest BCUT2D eigenvalue weighted by Gasteiger charge is 2.14. The summed E-state index contributed by atoms with van der Waals surface area (Å²) < 4.78 is 11.0. The van der Waals surface area contributed by atoms with E-state index in [1.54, 1.807) is 24.6 Å². The van der Waals surface area contributed by atoms with Crippen LogP contribution in [-0.2, 0) is 6.54 Å². The number of benzene rings is 1. The van der Waals surface area contributed by atoms with E-state index in [1.807, 2.05) is 42.5 Å². The fraction of sp³-hybridized carbons (Fsp3) is 0.105. The largest absolute Gasteiger partial charge is 0.497 e. The molecule has 0 spiro atoms. The van der Waals surface area contributed by atoms with Gasteiger partial charge in [0.2, 0.25) is 5.89 Å². The summed E-state index contributed by atoms with van der Waals surface area (Å²) in [6.45, 7) is 0.696. The molecule has 0 radical (unpaired) electrons. The third kappa shape index (κ3) is 3.43. The maximum atomic E-state index is 5.87. The minimum atomic E-state index is 0.428. The maximum Gasteiger partial charge on any atom is 0.251 e. The zero-order valence-electron chi connectivity index (χ0n) is 14.0. The third-order valence-electron chi connectivity index (χ3n) is 3.81. The predicted molar refractivity (Wildman–Crippen MR) is 101 cm³/mol. The monoisotopic (exact) mass is 364 g/mol. The van der Waals surface area contributed by atoms with E-state index in [9.17, 15) is 0 Å². The molecule has 0 saturated carbocycles. The SMILES string of the molecule is COc1ccc(-c2nnc(-c3cccnc3NCc3cccs3)o2)cc1. The molecule has 0 amide bonds. The molecule has 4 aromatic rings. The van der Waals surface area contributed by atoms with Crippen LogP contribution in [0.25, 0.3) is 22.9 Å². The summed E-state index contributed by atoms with van der Waals surface area (Å²) in [6, 6.07) is 15.4. The van der Waals surface area contributed by atoms with Gasteiger partial charge in [-0.1, -0.05) is 6.07 Å². The Labute approximate surface area is 154 Å². The topological polar surface area (TPSA) is 73.1 Å². The zero-order valence-corrected chi connectivity index (χ0v) is 14.9. The first-order valence-corrected chi connectivity index (χ1v) is 8.91. The summed E-state index contributed by atoms with van der Waals surface area (Å²) in [4.78, 5) is 5.64. The molecule has 0 fully saturated rings. The Kier molecular flexibility index (Phi) is 4.61. The van der Waals surface area contributed by atoms with Gasteiger partial charge in [-0.15, -0.1) is 21.5 Å². The number of anilines is 1. The van der Waals surface area contributed by atoms with Crippen molar-refractivity contribution < 1.29 is 9.15 Å². The van der Waals surface area contributed by atoms with E-state index in [1.165, 1.54) is 4.88 Å². The van der Waals surface area contributed by atoms with Crippen molar-refractivity contribution in [3.8, 4) is 28.7 Å². The van der Waals surface area contributed by atoms with E-state index < -0.39 is 0 Å². The molecule has 0 unspecified atom stereocenters. The lowest BCUT2D eigenvalue weighted by Gasteiger charge is -2.07. The number of hydrogen-bond donors (Lipinski definition) is 1. The molecule has 0 bridgehead atoms. The Morgan fingerprint density at radius 2 is 1.88 bits per heavy atom. The third-order valence-corrected chi connectivity index (χ3v) is 4.69. The summed E-state index contributed by atoms with van der Waals surface area (Å²) >= 11 is 1.70. The van der Waals surface area contributed by atoms with Gasteiger partial charge in [0.25, 0.3) is 5.89 Å². The van der Waals surface area contributed by atoms with Crippen LogP contribution in [0.3, 0.4) is 0 Å². The van der Waals surface area contributed by atoms with Gasteiger partial charge < -0.3 is 14.5 Å². The van der Waals surface area contributed by atoms with Crippen molar-refractivity contribution in [2.24, 2.45) is 0 Å². The van der Waals surface area contributed by atoms with Crippen molar-refractivity contribution >= 4 is 17.2 Å². The highest BCUT2D eigenvalue weighted by atomic mass is 32.1. The zero-order chi connectivity index (χ0) is 17.8. The molecule has 1 N–H and O–H groups in total. The van der Waals surface area contributed by atoms with Gasteiger partial charge in [-0.3, -0.25) is 0 Å². The van der Waals surface area contributed by atoms with E-state index in [4.69, 9.17) is 9.15 Å². The second-order valence-electron chi connectivity index (χ2n) is 5.47. The highest BCUT2D eigenvalue weighted by molar-refractivity contribution is 7.09. The number of pyridine rings is 1. The number of hydrogen-bond acceptors (Lipinski definition) is 7. The van der Waals surface area contributed by atoms with E-state index >= 15 is 0 Å². The molecule has 6 nitrogen and oxygen atoms in total. The molecule has 1 aromatic carbocycles. The van der Waals surface area contributed by atoms with Gasteiger partial charge in [0.05, 0.1) is 19.2 Å². The quantitative estimate of drug-likeness (QED) is 0.544. The normalized spacial score (nSPS) is 10.7. The Morgan fingerprint density at radius 3 is 2.65 bits per heavy atom. The predicted octanol–water partition coefficient (Wildman–Crippen LogP) is 4.48. The number of ether oxygens (including phenoxy) is 1. The molecule has 0 aliphatic carbocycles. The van der Waals surface area contributed by atoms with Gasteiger partial charge in [-0.25, -0.2) is 4.98 Å². The molecule has 0 saturated heterocycles. The molecule has 0 atom stereocenters. The van der Waals surface area contributed by atoms with Crippen LogP contribution in [0, 0.1) is 0 Å². The van der Waals surface area contributed by atoms with E-state index in [2.05, 4.69) is 31.9 Å². The first kappa shape index (κ1) is 16.3. The number of methoxy groups -OCH3 is 1. The second-order valence-corrected chi connectivity index (χ2v) is 6.51. The molecule has 7 heteroatoms. The Bertz CT molecular complexity index is 981. The average Bonchev–Trinajstić information content (AvgIpc) is 3.39. The summed E-state index contributed by atoms with van der Waals surface area (Å²) in [6.07, 6.45) is 1.74. The number of thiophene rings is 1. The van der Waals surface area contributed by atoms with Crippen molar-refractivity contribution in [1.29, 1.82) is 0 Å². The van der Waals surface area contributed by atoms with Crippen molar-refractivity contribution in [3.63, 3.8) is 0 Å². The van der Waals surface area contributed by atoms with Crippen LogP contribution in [0.4, 0.5) is 5.82 Å². The first-order chi connectivity index (χ1) is 12.8. The molecule has 26 heavy (non-hydrogen) atoms. The van der Waals surface area contributed by atoms with Crippen molar-refractivity contribution in [1.82, 2.24) is 15.2 Å². The van der Waals surface area contributed by atoms with Gasteiger partial charge in [-0.2, -0.15) is 0 Å². The number of nitrogens with one attached hydrogen (secondary N) is 1. The fourth-order valence-electron chi connectivity index (χ4n) is 2.49. The van der Waals surface area contributed by atoms with Gasteiger partial charge >= 0.3 is 0 Å². The molecule has 130 valence electrons. The van der Waals surface area contributed by atoms with E-state index in [0.29, 0.717) is 24.1 Å². The molecule has 3 aromatic heterocycles.